The molecule has 1 rings (SSSR count). The Bertz CT molecular complexity index is 289. The summed E-state index contributed by atoms with van der Waals surface area (Å²) in [6.07, 6.45) is 6.45. The molecule has 4 nitrogen and oxygen atoms in total. The normalized spacial score (nSPS) is 28.7. The highest BCUT2D eigenvalue weighted by Gasteiger charge is 2.33. The van der Waals surface area contributed by atoms with Crippen LogP contribution in [0.1, 0.15) is 46.0 Å². The second-order valence-corrected chi connectivity index (χ2v) is 4.96. The molecule has 1 amide bonds. The Kier molecular flexibility index (Phi) is 5.65. The van der Waals surface area contributed by atoms with Gasteiger partial charge >= 0.3 is 0 Å². The number of aliphatic hydroxyl groups excluding tert-OH is 1. The molecule has 0 fully saturated rings. The molecule has 98 valence electrons. The maximum absolute atomic E-state index is 11.8. The molecule has 1 aliphatic carbocycles. The van der Waals surface area contributed by atoms with Crippen molar-refractivity contribution in [3.8, 4) is 0 Å². The number of nitrogens with two attached hydrogens (primary N) is 1. The van der Waals surface area contributed by atoms with Crippen molar-refractivity contribution in [2.24, 2.45) is 17.7 Å². The smallest absolute Gasteiger partial charge is 0.241 e. The summed E-state index contributed by atoms with van der Waals surface area (Å²) in [4.78, 5) is 11.8. The van der Waals surface area contributed by atoms with Crippen LogP contribution in [0, 0.1) is 11.8 Å². The Morgan fingerprint density at radius 3 is 2.88 bits per heavy atom. The Morgan fingerprint density at radius 1 is 1.59 bits per heavy atom. The average Bonchev–Trinajstić information content (AvgIpc) is 2.28. The lowest BCUT2D eigenvalue weighted by atomic mass is 9.75. The average molecular weight is 240 g/mol. The van der Waals surface area contributed by atoms with Crippen LogP contribution in [0.25, 0.3) is 0 Å². The Hall–Kier alpha value is -0.870. The molecule has 0 aliphatic heterocycles. The number of hydrogen-bond donors (Lipinski definition) is 3. The minimum Gasteiger partial charge on any atom is -0.389 e. The molecular formula is C13H24N2O2. The van der Waals surface area contributed by atoms with E-state index in [0.717, 1.165) is 24.8 Å². The first-order chi connectivity index (χ1) is 8.10. The lowest BCUT2D eigenvalue weighted by molar-refractivity contribution is -0.126. The predicted molar refractivity (Wildman–Crippen MR) is 67.8 cm³/mol. The van der Waals surface area contributed by atoms with Gasteiger partial charge in [-0.25, -0.2) is 5.84 Å². The van der Waals surface area contributed by atoms with Crippen molar-refractivity contribution in [2.75, 3.05) is 0 Å². The number of hydrazine groups is 1. The SMILES string of the molecule is CCCCC[C@@H]1C[C@@H](O)C=C(C)[C@H]1C(=O)NN. The van der Waals surface area contributed by atoms with Crippen molar-refractivity contribution < 1.29 is 9.90 Å². The summed E-state index contributed by atoms with van der Waals surface area (Å²) in [5, 5.41) is 9.74. The van der Waals surface area contributed by atoms with Gasteiger partial charge in [0.2, 0.25) is 5.91 Å². The van der Waals surface area contributed by atoms with E-state index in [1.165, 1.54) is 6.42 Å². The molecule has 0 heterocycles. The molecule has 0 saturated carbocycles. The van der Waals surface area contributed by atoms with Crippen LogP contribution in [0.2, 0.25) is 0 Å². The fraction of sp³-hybridized carbons (Fsp3) is 0.769. The fourth-order valence-corrected chi connectivity index (χ4v) is 2.74. The number of unbranched alkanes of at least 4 members (excludes halogenated alkanes) is 2. The van der Waals surface area contributed by atoms with Gasteiger partial charge < -0.3 is 5.11 Å². The van der Waals surface area contributed by atoms with Crippen LogP contribution in [0.5, 0.6) is 0 Å². The maximum atomic E-state index is 11.8. The standard InChI is InChI=1S/C13H24N2O2/c1-3-4-5-6-10-8-11(16)7-9(2)12(10)13(17)15-14/h7,10-12,16H,3-6,8,14H2,1-2H3,(H,15,17)/t10-,11+,12-/m1/s1. The summed E-state index contributed by atoms with van der Waals surface area (Å²) >= 11 is 0. The number of nitrogens with one attached hydrogen (secondary N) is 1. The Balaban J connectivity index is 2.70. The van der Waals surface area contributed by atoms with Crippen LogP contribution in [-0.2, 0) is 4.79 Å². The molecule has 17 heavy (non-hydrogen) atoms. The second kappa shape index (κ2) is 6.77. The van der Waals surface area contributed by atoms with Crippen LogP contribution in [-0.4, -0.2) is 17.1 Å². The van der Waals surface area contributed by atoms with Gasteiger partial charge in [0.1, 0.15) is 0 Å². The topological polar surface area (TPSA) is 75.3 Å². The number of amides is 1. The largest absolute Gasteiger partial charge is 0.389 e. The van der Waals surface area contributed by atoms with Gasteiger partial charge in [0.25, 0.3) is 0 Å². The summed E-state index contributed by atoms with van der Waals surface area (Å²) in [7, 11) is 0. The third kappa shape index (κ3) is 3.82. The molecule has 4 N–H and O–H groups in total. The molecule has 0 spiro atoms. The fourth-order valence-electron chi connectivity index (χ4n) is 2.74. The zero-order valence-corrected chi connectivity index (χ0v) is 10.8. The minimum atomic E-state index is -0.413. The van der Waals surface area contributed by atoms with Gasteiger partial charge in [0.15, 0.2) is 0 Å². The first-order valence-electron chi connectivity index (χ1n) is 6.47. The number of aliphatic hydroxyl groups is 1. The zero-order chi connectivity index (χ0) is 12.8. The Labute approximate surface area is 103 Å². The van der Waals surface area contributed by atoms with Crippen LogP contribution >= 0.6 is 0 Å². The molecule has 3 atom stereocenters. The number of carbonyl (C=O) groups excluding carboxylic acids is 1. The molecule has 0 saturated heterocycles. The van der Waals surface area contributed by atoms with Crippen LogP contribution < -0.4 is 11.3 Å². The third-order valence-electron chi connectivity index (χ3n) is 3.56. The quantitative estimate of drug-likeness (QED) is 0.224. The van der Waals surface area contributed by atoms with Gasteiger partial charge in [-0.3, -0.25) is 10.2 Å². The van der Waals surface area contributed by atoms with E-state index in [1.807, 2.05) is 6.92 Å². The highest BCUT2D eigenvalue weighted by molar-refractivity contribution is 5.81. The predicted octanol–water partition coefficient (Wildman–Crippen LogP) is 1.50. The molecule has 0 aromatic carbocycles. The van der Waals surface area contributed by atoms with E-state index >= 15 is 0 Å². The summed E-state index contributed by atoms with van der Waals surface area (Å²) in [5.41, 5.74) is 3.18. The zero-order valence-electron chi connectivity index (χ0n) is 10.8. The highest BCUT2D eigenvalue weighted by Crippen LogP contribution is 2.34. The lowest BCUT2D eigenvalue weighted by Crippen LogP contribution is -2.42. The van der Waals surface area contributed by atoms with Gasteiger partial charge in [-0.2, -0.15) is 0 Å². The molecule has 0 radical (unpaired) electrons. The van der Waals surface area contributed by atoms with E-state index in [2.05, 4.69) is 12.3 Å². The Morgan fingerprint density at radius 2 is 2.29 bits per heavy atom. The summed E-state index contributed by atoms with van der Waals surface area (Å²) < 4.78 is 0. The number of rotatable bonds is 5. The number of hydrogen-bond acceptors (Lipinski definition) is 3. The van der Waals surface area contributed by atoms with E-state index in [1.54, 1.807) is 6.08 Å². The van der Waals surface area contributed by atoms with Crippen LogP contribution in [0.15, 0.2) is 11.6 Å². The van der Waals surface area contributed by atoms with E-state index in [0.29, 0.717) is 6.42 Å². The van der Waals surface area contributed by atoms with Gasteiger partial charge in [-0.1, -0.05) is 37.8 Å². The van der Waals surface area contributed by atoms with E-state index in [-0.39, 0.29) is 17.7 Å². The molecule has 0 unspecified atom stereocenters. The van der Waals surface area contributed by atoms with Crippen molar-refractivity contribution in [3.05, 3.63) is 11.6 Å². The summed E-state index contributed by atoms with van der Waals surface area (Å²) in [6.45, 7) is 4.06. The lowest BCUT2D eigenvalue weighted by Gasteiger charge is -2.32. The number of carbonyl (C=O) groups is 1. The monoisotopic (exact) mass is 240 g/mol. The van der Waals surface area contributed by atoms with Gasteiger partial charge in [-0.05, 0) is 25.7 Å². The maximum Gasteiger partial charge on any atom is 0.241 e. The van der Waals surface area contributed by atoms with Crippen molar-refractivity contribution >= 4 is 5.91 Å². The summed E-state index contributed by atoms with van der Waals surface area (Å²) in [6, 6.07) is 0. The van der Waals surface area contributed by atoms with Crippen molar-refractivity contribution in [2.45, 2.75) is 52.1 Å². The molecule has 0 aromatic rings. The van der Waals surface area contributed by atoms with Crippen LogP contribution in [0.3, 0.4) is 0 Å². The first kappa shape index (κ1) is 14.2. The van der Waals surface area contributed by atoms with E-state index < -0.39 is 6.10 Å². The van der Waals surface area contributed by atoms with E-state index in [4.69, 9.17) is 5.84 Å². The highest BCUT2D eigenvalue weighted by atomic mass is 16.3. The van der Waals surface area contributed by atoms with Gasteiger partial charge in [0.05, 0.1) is 12.0 Å². The van der Waals surface area contributed by atoms with Crippen molar-refractivity contribution in [3.63, 3.8) is 0 Å². The summed E-state index contributed by atoms with van der Waals surface area (Å²) in [5.74, 6) is 5.14. The van der Waals surface area contributed by atoms with Crippen molar-refractivity contribution in [1.82, 2.24) is 5.43 Å². The van der Waals surface area contributed by atoms with Gasteiger partial charge in [0, 0.05) is 0 Å². The van der Waals surface area contributed by atoms with Gasteiger partial charge in [-0.15, -0.1) is 0 Å². The third-order valence-corrected chi connectivity index (χ3v) is 3.56. The van der Waals surface area contributed by atoms with Crippen molar-refractivity contribution in [1.29, 1.82) is 0 Å². The minimum absolute atomic E-state index is 0.132. The molecule has 4 heteroatoms. The van der Waals surface area contributed by atoms with Crippen LogP contribution in [0.4, 0.5) is 0 Å². The molecule has 0 aromatic heterocycles. The molecule has 0 bridgehead atoms. The molecule has 1 aliphatic rings. The van der Waals surface area contributed by atoms with E-state index in [9.17, 15) is 9.90 Å². The molecular weight excluding hydrogens is 216 g/mol. The second-order valence-electron chi connectivity index (χ2n) is 4.96. The first-order valence-corrected chi connectivity index (χ1v) is 6.47.